The molecule has 0 aliphatic carbocycles. The van der Waals surface area contributed by atoms with Gasteiger partial charge < -0.3 is 9.84 Å². The lowest BCUT2D eigenvalue weighted by Gasteiger charge is -2.29. The molecule has 1 aromatic rings. The monoisotopic (exact) mass is 234 g/mol. The summed E-state index contributed by atoms with van der Waals surface area (Å²) in [5, 5.41) is 9.10. The maximum atomic E-state index is 11.1. The summed E-state index contributed by atoms with van der Waals surface area (Å²) >= 11 is 0. The van der Waals surface area contributed by atoms with Crippen LogP contribution >= 0.6 is 0 Å². The number of para-hydroxylation sites is 1. The number of nitrogens with one attached hydrogen (secondary N) is 2. The molecule has 1 saturated heterocycles. The fourth-order valence-corrected chi connectivity index (χ4v) is 2.63. The van der Waals surface area contributed by atoms with Crippen LogP contribution in [-0.4, -0.2) is 23.7 Å². The van der Waals surface area contributed by atoms with Gasteiger partial charge in [0.25, 0.3) is 0 Å². The Labute approximate surface area is 98.7 Å². The molecule has 3 rings (SSSR count). The molecule has 0 amide bonds. The number of rotatable bonds is 1. The Hall–Kier alpha value is -1.59. The van der Waals surface area contributed by atoms with Crippen molar-refractivity contribution in [3.63, 3.8) is 0 Å². The van der Waals surface area contributed by atoms with Gasteiger partial charge in [0.1, 0.15) is 11.8 Å². The minimum absolute atomic E-state index is 0.0137. The summed E-state index contributed by atoms with van der Waals surface area (Å²) in [5.41, 5.74) is 8.02. The van der Waals surface area contributed by atoms with Gasteiger partial charge in [0, 0.05) is 11.5 Å². The van der Waals surface area contributed by atoms with Crippen molar-refractivity contribution in [1.29, 1.82) is 0 Å². The van der Waals surface area contributed by atoms with Crippen LogP contribution in [0.2, 0.25) is 0 Å². The Morgan fingerprint density at radius 1 is 1.47 bits per heavy atom. The fourth-order valence-electron chi connectivity index (χ4n) is 2.63. The van der Waals surface area contributed by atoms with E-state index in [2.05, 4.69) is 10.9 Å². The van der Waals surface area contributed by atoms with Crippen molar-refractivity contribution >= 4 is 5.97 Å². The minimum atomic E-state index is -0.843. The molecule has 2 aliphatic heterocycles. The lowest BCUT2D eigenvalue weighted by atomic mass is 9.87. The molecule has 2 aliphatic rings. The molecule has 0 saturated carbocycles. The number of benzene rings is 1. The Morgan fingerprint density at radius 2 is 2.29 bits per heavy atom. The topological polar surface area (TPSA) is 70.6 Å². The first-order valence-electron chi connectivity index (χ1n) is 5.64. The van der Waals surface area contributed by atoms with Crippen LogP contribution in [0.15, 0.2) is 18.2 Å². The Morgan fingerprint density at radius 3 is 3.06 bits per heavy atom. The number of hydrogen-bond donors (Lipinski definition) is 3. The second kappa shape index (κ2) is 3.72. The first kappa shape index (κ1) is 10.6. The molecule has 1 fully saturated rings. The molecule has 3 unspecified atom stereocenters. The van der Waals surface area contributed by atoms with Crippen molar-refractivity contribution in [3.8, 4) is 5.75 Å². The second-order valence-electron chi connectivity index (χ2n) is 4.55. The van der Waals surface area contributed by atoms with E-state index in [1.807, 2.05) is 25.1 Å². The lowest BCUT2D eigenvalue weighted by Crippen LogP contribution is -2.40. The van der Waals surface area contributed by atoms with Gasteiger partial charge in [0.05, 0.1) is 12.6 Å². The Balaban J connectivity index is 1.99. The van der Waals surface area contributed by atoms with Crippen LogP contribution in [0.4, 0.5) is 0 Å². The fraction of sp³-hybridized carbons (Fsp3) is 0.417. The van der Waals surface area contributed by atoms with Crippen LogP contribution in [-0.2, 0) is 4.79 Å². The van der Waals surface area contributed by atoms with E-state index in [1.54, 1.807) is 0 Å². The molecule has 2 heterocycles. The highest BCUT2D eigenvalue weighted by Gasteiger charge is 2.44. The van der Waals surface area contributed by atoms with Crippen molar-refractivity contribution in [2.45, 2.75) is 19.0 Å². The number of fused-ring (bicyclic) bond motifs is 3. The molecule has 3 N–H and O–H groups in total. The van der Waals surface area contributed by atoms with Gasteiger partial charge in [-0.2, -0.15) is 0 Å². The average Bonchev–Trinajstić information content (AvgIpc) is 2.73. The number of carboxylic acid groups (broad SMARTS) is 1. The summed E-state index contributed by atoms with van der Waals surface area (Å²) in [5.74, 6) is -0.0272. The Bertz CT molecular complexity index is 475. The highest BCUT2D eigenvalue weighted by Crippen LogP contribution is 2.40. The van der Waals surface area contributed by atoms with Crippen molar-refractivity contribution in [2.24, 2.45) is 5.92 Å². The molecule has 5 heteroatoms. The molecule has 5 nitrogen and oxygen atoms in total. The number of hydrazine groups is 1. The third-order valence-electron chi connectivity index (χ3n) is 3.51. The largest absolute Gasteiger partial charge is 0.493 e. The van der Waals surface area contributed by atoms with E-state index in [-0.39, 0.29) is 12.0 Å². The van der Waals surface area contributed by atoms with Crippen molar-refractivity contribution in [2.75, 3.05) is 6.61 Å². The zero-order valence-corrected chi connectivity index (χ0v) is 9.43. The van der Waals surface area contributed by atoms with Crippen molar-refractivity contribution in [1.82, 2.24) is 10.9 Å². The summed E-state index contributed by atoms with van der Waals surface area (Å²) in [6, 6.07) is 5.37. The zero-order chi connectivity index (χ0) is 12.0. The third kappa shape index (κ3) is 1.50. The molecule has 17 heavy (non-hydrogen) atoms. The third-order valence-corrected chi connectivity index (χ3v) is 3.51. The summed E-state index contributed by atoms with van der Waals surface area (Å²) in [4.78, 5) is 11.1. The smallest absolute Gasteiger partial charge is 0.322 e. The standard InChI is InChI=1S/C12H14N2O3/c1-6-3-2-4-7-9-8(5-17-11(6)7)10(12(15)16)14-13-9/h2-4,8-10,13-14H,5H2,1H3,(H,15,16). The van der Waals surface area contributed by atoms with Crippen LogP contribution in [0.25, 0.3) is 0 Å². The number of carboxylic acids is 1. The molecular weight excluding hydrogens is 220 g/mol. The van der Waals surface area contributed by atoms with Crippen LogP contribution in [0.3, 0.4) is 0 Å². The molecule has 90 valence electrons. The zero-order valence-electron chi connectivity index (χ0n) is 9.43. The number of hydrogen-bond acceptors (Lipinski definition) is 4. The van der Waals surface area contributed by atoms with E-state index in [9.17, 15) is 4.79 Å². The Kier molecular flexibility index (Phi) is 2.31. The molecule has 0 bridgehead atoms. The predicted octanol–water partition coefficient (Wildman–Crippen LogP) is 0.606. The van der Waals surface area contributed by atoms with Gasteiger partial charge in [-0.1, -0.05) is 18.2 Å². The first-order valence-corrected chi connectivity index (χ1v) is 5.64. The molecule has 0 aromatic heterocycles. The van der Waals surface area contributed by atoms with E-state index in [0.29, 0.717) is 6.61 Å². The van der Waals surface area contributed by atoms with Gasteiger partial charge in [-0.15, -0.1) is 0 Å². The van der Waals surface area contributed by atoms with E-state index in [1.165, 1.54) is 0 Å². The maximum Gasteiger partial charge on any atom is 0.322 e. The van der Waals surface area contributed by atoms with E-state index in [0.717, 1.165) is 16.9 Å². The first-order chi connectivity index (χ1) is 8.18. The quantitative estimate of drug-likeness (QED) is 0.664. The number of ether oxygens (including phenoxy) is 1. The maximum absolute atomic E-state index is 11.1. The van der Waals surface area contributed by atoms with Crippen molar-refractivity contribution in [3.05, 3.63) is 29.3 Å². The van der Waals surface area contributed by atoms with E-state index >= 15 is 0 Å². The number of carbonyl (C=O) groups is 1. The van der Waals surface area contributed by atoms with Gasteiger partial charge >= 0.3 is 5.97 Å². The molecular formula is C12H14N2O3. The number of aryl methyl sites for hydroxylation is 1. The summed E-state index contributed by atoms with van der Waals surface area (Å²) < 4.78 is 5.71. The normalized spacial score (nSPS) is 30.3. The highest BCUT2D eigenvalue weighted by atomic mass is 16.5. The van der Waals surface area contributed by atoms with Gasteiger partial charge in [-0.25, -0.2) is 10.9 Å². The number of aliphatic carboxylic acids is 1. The predicted molar refractivity (Wildman–Crippen MR) is 60.6 cm³/mol. The second-order valence-corrected chi connectivity index (χ2v) is 4.55. The van der Waals surface area contributed by atoms with Crippen LogP contribution in [0, 0.1) is 12.8 Å². The molecule has 1 aromatic carbocycles. The van der Waals surface area contributed by atoms with Gasteiger partial charge in [-0.3, -0.25) is 4.79 Å². The SMILES string of the molecule is Cc1cccc2c1OCC1C(C(=O)O)NNC21. The summed E-state index contributed by atoms with van der Waals surface area (Å²) in [6.07, 6.45) is 0. The highest BCUT2D eigenvalue weighted by molar-refractivity contribution is 5.74. The average molecular weight is 234 g/mol. The van der Waals surface area contributed by atoms with Crippen molar-refractivity contribution < 1.29 is 14.6 Å². The van der Waals surface area contributed by atoms with Gasteiger partial charge in [0.15, 0.2) is 0 Å². The summed E-state index contributed by atoms with van der Waals surface area (Å²) in [7, 11) is 0. The molecule has 0 radical (unpaired) electrons. The lowest BCUT2D eigenvalue weighted by molar-refractivity contribution is -0.140. The van der Waals surface area contributed by atoms with Crippen LogP contribution < -0.4 is 15.6 Å². The molecule has 3 atom stereocenters. The van der Waals surface area contributed by atoms with Gasteiger partial charge in [-0.05, 0) is 12.5 Å². The summed E-state index contributed by atoms with van der Waals surface area (Å²) in [6.45, 7) is 2.43. The minimum Gasteiger partial charge on any atom is -0.493 e. The van der Waals surface area contributed by atoms with Gasteiger partial charge in [0.2, 0.25) is 0 Å². The van der Waals surface area contributed by atoms with E-state index < -0.39 is 12.0 Å². The molecule has 0 spiro atoms. The van der Waals surface area contributed by atoms with Crippen LogP contribution in [0.5, 0.6) is 5.75 Å². The van der Waals surface area contributed by atoms with E-state index in [4.69, 9.17) is 9.84 Å². The van der Waals surface area contributed by atoms with Crippen LogP contribution in [0.1, 0.15) is 17.2 Å².